The van der Waals surface area contributed by atoms with Gasteiger partial charge in [-0.05, 0) is 34.7 Å². The summed E-state index contributed by atoms with van der Waals surface area (Å²) in [5, 5.41) is 21.7. The van der Waals surface area contributed by atoms with E-state index in [0.29, 0.717) is 5.56 Å². The van der Waals surface area contributed by atoms with Gasteiger partial charge in [0.15, 0.2) is 0 Å². The molecule has 9 amide bonds. The predicted octanol–water partition coefficient (Wildman–Crippen LogP) is -2.28. The van der Waals surface area contributed by atoms with Crippen LogP contribution in [0.3, 0.4) is 0 Å². The molecule has 0 spiro atoms. The molecule has 1 fully saturated rings. The van der Waals surface area contributed by atoms with Crippen molar-refractivity contribution in [3.05, 3.63) is 83.9 Å². The SMILES string of the molecule is CC(=O)NCC(=O)N[C@H]1CCC(=O)NCC[C@@H](C(=O)N[C@H](Cc2cccc3ccccc23)C(N)=O)NC(=O)CNC(=O)[C@@H](Cc2ccccc2)NC(=O)CNC1=O. The second-order valence-corrected chi connectivity index (χ2v) is 13.4. The maximum atomic E-state index is 13.7. The maximum absolute atomic E-state index is 13.7. The maximum Gasteiger partial charge on any atom is 0.243 e. The first-order valence-electron chi connectivity index (χ1n) is 18.3. The third-order valence-electron chi connectivity index (χ3n) is 8.96. The lowest BCUT2D eigenvalue weighted by atomic mass is 9.98. The molecule has 18 nitrogen and oxygen atoms in total. The number of primary amides is 1. The van der Waals surface area contributed by atoms with Crippen molar-refractivity contribution in [2.24, 2.45) is 5.73 Å². The summed E-state index contributed by atoms with van der Waals surface area (Å²) < 4.78 is 0. The van der Waals surface area contributed by atoms with Crippen molar-refractivity contribution in [1.29, 1.82) is 0 Å². The number of amides is 9. The zero-order valence-electron chi connectivity index (χ0n) is 31.4. The highest BCUT2D eigenvalue weighted by Gasteiger charge is 2.29. The smallest absolute Gasteiger partial charge is 0.243 e. The van der Waals surface area contributed by atoms with Gasteiger partial charge in [-0.15, -0.1) is 0 Å². The number of hydrogen-bond donors (Lipinski definition) is 9. The highest BCUT2D eigenvalue weighted by Crippen LogP contribution is 2.20. The van der Waals surface area contributed by atoms with E-state index in [1.54, 1.807) is 36.4 Å². The molecule has 4 rings (SSSR count). The van der Waals surface area contributed by atoms with Gasteiger partial charge in [0, 0.05) is 32.7 Å². The number of rotatable bonds is 10. The van der Waals surface area contributed by atoms with Crippen LogP contribution in [0.2, 0.25) is 0 Å². The first-order valence-corrected chi connectivity index (χ1v) is 18.3. The van der Waals surface area contributed by atoms with Crippen LogP contribution in [0, 0.1) is 0 Å². The molecule has 18 heteroatoms. The largest absolute Gasteiger partial charge is 0.368 e. The number of fused-ring (bicyclic) bond motifs is 1. The quantitative estimate of drug-likeness (QED) is 0.107. The summed E-state index contributed by atoms with van der Waals surface area (Å²) in [5.74, 6) is -6.51. The van der Waals surface area contributed by atoms with Crippen LogP contribution in [0.1, 0.15) is 37.3 Å². The molecular formula is C39H47N9O9. The van der Waals surface area contributed by atoms with E-state index in [9.17, 15) is 43.2 Å². The summed E-state index contributed by atoms with van der Waals surface area (Å²) in [6.45, 7) is -0.615. The molecule has 1 aliphatic rings. The third-order valence-corrected chi connectivity index (χ3v) is 8.96. The second kappa shape index (κ2) is 21.3. The lowest BCUT2D eigenvalue weighted by Crippen LogP contribution is -2.56. The van der Waals surface area contributed by atoms with E-state index in [4.69, 9.17) is 5.73 Å². The lowest BCUT2D eigenvalue weighted by molar-refractivity contribution is -0.133. The van der Waals surface area contributed by atoms with Crippen LogP contribution in [-0.4, -0.2) is 104 Å². The third kappa shape index (κ3) is 14.1. The molecule has 0 saturated carbocycles. The molecule has 1 saturated heterocycles. The Balaban J connectivity index is 1.54. The summed E-state index contributed by atoms with van der Waals surface area (Å²) in [4.78, 5) is 116. The van der Waals surface area contributed by atoms with Gasteiger partial charge in [0.25, 0.3) is 0 Å². The molecule has 4 atom stereocenters. The van der Waals surface area contributed by atoms with E-state index in [1.165, 1.54) is 6.92 Å². The average Bonchev–Trinajstić information content (AvgIpc) is 3.18. The van der Waals surface area contributed by atoms with Gasteiger partial charge in [-0.25, -0.2) is 0 Å². The number of benzene rings is 3. The fraction of sp³-hybridized carbons (Fsp3) is 0.359. The lowest BCUT2D eigenvalue weighted by Gasteiger charge is -2.23. The molecule has 0 bridgehead atoms. The van der Waals surface area contributed by atoms with Gasteiger partial charge in [0.2, 0.25) is 53.2 Å². The highest BCUT2D eigenvalue weighted by atomic mass is 16.2. The highest BCUT2D eigenvalue weighted by molar-refractivity contribution is 5.96. The molecule has 302 valence electrons. The standard InChI is InChI=1S/C39H47N9O9/c1-23(49)42-20-33(51)45-28-14-15-32(50)41-17-16-29(39(57)48-30(36(40)54)19-26-12-7-11-25-10-5-6-13-27(25)26)46-34(52)21-44-38(56)31(18-24-8-3-2-4-9-24)47-35(53)22-43-37(28)55/h2-13,28-31H,14-22H2,1H3,(H2,40,54)(H,41,50)(H,42,49)(H,43,55)(H,44,56)(H,45,51)(H,46,52)(H,47,53)(H,48,57)/t28-,29-,30+,31+/m0/s1. The Kier molecular flexibility index (Phi) is 16.0. The van der Waals surface area contributed by atoms with Crippen molar-refractivity contribution in [1.82, 2.24) is 42.5 Å². The summed E-state index contributed by atoms with van der Waals surface area (Å²) in [6.07, 6.45) is -0.624. The van der Waals surface area contributed by atoms with Gasteiger partial charge < -0.3 is 48.3 Å². The van der Waals surface area contributed by atoms with Gasteiger partial charge in [0.1, 0.15) is 24.2 Å². The number of nitrogens with one attached hydrogen (secondary N) is 8. The molecule has 0 aromatic heterocycles. The number of carbonyl (C=O) groups is 9. The molecule has 0 unspecified atom stereocenters. The van der Waals surface area contributed by atoms with Crippen LogP contribution in [0.5, 0.6) is 0 Å². The Labute approximate surface area is 328 Å². The zero-order chi connectivity index (χ0) is 41.3. The van der Waals surface area contributed by atoms with E-state index in [1.807, 2.05) is 36.4 Å². The van der Waals surface area contributed by atoms with Crippen LogP contribution < -0.4 is 48.3 Å². The molecule has 0 aliphatic carbocycles. The summed E-state index contributed by atoms with van der Waals surface area (Å²) in [7, 11) is 0. The minimum absolute atomic E-state index is 0.0137. The van der Waals surface area contributed by atoms with Crippen LogP contribution in [-0.2, 0) is 56.0 Å². The zero-order valence-corrected chi connectivity index (χ0v) is 31.4. The summed E-state index contributed by atoms with van der Waals surface area (Å²) in [5.41, 5.74) is 7.13. The van der Waals surface area contributed by atoms with E-state index >= 15 is 0 Å². The molecule has 1 heterocycles. The molecule has 57 heavy (non-hydrogen) atoms. The van der Waals surface area contributed by atoms with E-state index in [-0.39, 0.29) is 38.6 Å². The van der Waals surface area contributed by atoms with Gasteiger partial charge in [0.05, 0.1) is 19.6 Å². The summed E-state index contributed by atoms with van der Waals surface area (Å²) in [6, 6.07) is 16.7. The molecule has 0 radical (unpaired) electrons. The van der Waals surface area contributed by atoms with Gasteiger partial charge >= 0.3 is 0 Å². The fourth-order valence-electron chi connectivity index (χ4n) is 6.02. The Bertz CT molecular complexity index is 1970. The van der Waals surface area contributed by atoms with E-state index < -0.39 is 97.0 Å². The van der Waals surface area contributed by atoms with Crippen LogP contribution in [0.4, 0.5) is 0 Å². The summed E-state index contributed by atoms with van der Waals surface area (Å²) >= 11 is 0. The molecule has 1 aliphatic heterocycles. The normalized spacial score (nSPS) is 19.4. The Morgan fingerprint density at radius 1 is 0.772 bits per heavy atom. The Morgan fingerprint density at radius 2 is 1.44 bits per heavy atom. The monoisotopic (exact) mass is 785 g/mol. The Morgan fingerprint density at radius 3 is 2.16 bits per heavy atom. The van der Waals surface area contributed by atoms with Crippen LogP contribution >= 0.6 is 0 Å². The van der Waals surface area contributed by atoms with Crippen molar-refractivity contribution < 1.29 is 43.2 Å². The van der Waals surface area contributed by atoms with Gasteiger partial charge in [-0.1, -0.05) is 72.8 Å². The first-order chi connectivity index (χ1) is 27.3. The molecule has 3 aromatic carbocycles. The van der Waals surface area contributed by atoms with Gasteiger partial charge in [-0.2, -0.15) is 0 Å². The van der Waals surface area contributed by atoms with Crippen molar-refractivity contribution in [2.45, 2.75) is 63.2 Å². The van der Waals surface area contributed by atoms with E-state index in [0.717, 1.165) is 16.3 Å². The number of nitrogens with two attached hydrogens (primary N) is 1. The van der Waals surface area contributed by atoms with Crippen LogP contribution in [0.25, 0.3) is 10.8 Å². The topological polar surface area (TPSA) is 276 Å². The fourth-order valence-corrected chi connectivity index (χ4v) is 6.02. The average molecular weight is 786 g/mol. The molecular weight excluding hydrogens is 738 g/mol. The van der Waals surface area contributed by atoms with Crippen molar-refractivity contribution in [2.75, 3.05) is 26.2 Å². The van der Waals surface area contributed by atoms with E-state index in [2.05, 4.69) is 42.5 Å². The van der Waals surface area contributed by atoms with Crippen LogP contribution in [0.15, 0.2) is 72.8 Å². The minimum Gasteiger partial charge on any atom is -0.368 e. The number of carbonyl (C=O) groups excluding carboxylic acids is 9. The minimum atomic E-state index is -1.32. The Hall–Kier alpha value is -6.85. The first kappa shape index (κ1) is 42.9. The van der Waals surface area contributed by atoms with Crippen molar-refractivity contribution in [3.8, 4) is 0 Å². The predicted molar refractivity (Wildman–Crippen MR) is 206 cm³/mol. The molecule has 10 N–H and O–H groups in total. The van der Waals surface area contributed by atoms with Crippen molar-refractivity contribution in [3.63, 3.8) is 0 Å². The number of hydrogen-bond acceptors (Lipinski definition) is 9. The molecule has 3 aromatic rings. The second-order valence-electron chi connectivity index (χ2n) is 13.4. The van der Waals surface area contributed by atoms with Crippen molar-refractivity contribution >= 4 is 63.9 Å². The van der Waals surface area contributed by atoms with Gasteiger partial charge in [-0.3, -0.25) is 43.2 Å².